The largest absolute Gasteiger partial charge is 0.493 e. The number of amides is 1. The zero-order chi connectivity index (χ0) is 19.9. The van der Waals surface area contributed by atoms with Gasteiger partial charge in [0.25, 0.3) is 5.91 Å². The molecule has 0 saturated carbocycles. The maximum absolute atomic E-state index is 12.5. The van der Waals surface area contributed by atoms with Crippen LogP contribution in [-0.2, 0) is 11.3 Å². The molecule has 8 heteroatoms. The van der Waals surface area contributed by atoms with Gasteiger partial charge in [0.2, 0.25) is 11.7 Å². The van der Waals surface area contributed by atoms with Gasteiger partial charge in [0.1, 0.15) is 0 Å². The molecule has 1 amide bonds. The molecule has 3 rings (SSSR count). The number of halogens is 1. The average molecular weight is 402 g/mol. The molecule has 0 saturated heterocycles. The number of carbonyl (C=O) groups excluding carboxylic acids is 1. The van der Waals surface area contributed by atoms with E-state index in [0.29, 0.717) is 34.7 Å². The van der Waals surface area contributed by atoms with Crippen LogP contribution in [0.5, 0.6) is 11.5 Å². The molecule has 1 heterocycles. The molecule has 1 N–H and O–H groups in total. The van der Waals surface area contributed by atoms with Crippen LogP contribution in [0, 0.1) is 0 Å². The highest BCUT2D eigenvalue weighted by molar-refractivity contribution is 6.30. The molecule has 146 valence electrons. The lowest BCUT2D eigenvalue weighted by atomic mass is 10.2. The molecular weight excluding hydrogens is 382 g/mol. The second kappa shape index (κ2) is 9.23. The van der Waals surface area contributed by atoms with Crippen LogP contribution in [-0.4, -0.2) is 29.3 Å². The number of methoxy groups -OCH3 is 1. The summed E-state index contributed by atoms with van der Waals surface area (Å²) in [5, 5.41) is 7.31. The standard InChI is InChI=1S/C20H20ClN3O4/c1-3-15(27-17-7-5-4-6-16(17)26-2)20(25)22-12-18-23-19(24-28-18)13-8-10-14(21)11-9-13/h4-11,15H,3,12H2,1-2H3,(H,22,25)/t15-/m0/s1. The Morgan fingerprint density at radius 1 is 1.18 bits per heavy atom. The number of para-hydroxylation sites is 2. The highest BCUT2D eigenvalue weighted by Crippen LogP contribution is 2.27. The molecule has 0 aliphatic rings. The van der Waals surface area contributed by atoms with E-state index in [1.807, 2.05) is 19.1 Å². The van der Waals surface area contributed by atoms with Crippen molar-refractivity contribution in [3.8, 4) is 22.9 Å². The fourth-order valence-corrected chi connectivity index (χ4v) is 2.64. The summed E-state index contributed by atoms with van der Waals surface area (Å²) in [7, 11) is 1.55. The first kappa shape index (κ1) is 19.7. The van der Waals surface area contributed by atoms with Crippen LogP contribution in [0.1, 0.15) is 19.2 Å². The number of nitrogens with one attached hydrogen (secondary N) is 1. The maximum atomic E-state index is 12.5. The molecular formula is C20H20ClN3O4. The Morgan fingerprint density at radius 2 is 1.89 bits per heavy atom. The third kappa shape index (κ3) is 4.80. The number of carbonyl (C=O) groups is 1. The number of nitrogens with zero attached hydrogens (tertiary/aromatic N) is 2. The Bertz CT molecular complexity index is 927. The molecule has 0 fully saturated rings. The molecule has 0 bridgehead atoms. The Balaban J connectivity index is 1.60. The van der Waals surface area contributed by atoms with Crippen molar-refractivity contribution in [1.82, 2.24) is 15.5 Å². The SMILES string of the molecule is CC[C@H](Oc1ccccc1OC)C(=O)NCc1nc(-c2ccc(Cl)cc2)no1. The second-order valence-corrected chi connectivity index (χ2v) is 6.34. The Labute approximate surface area is 167 Å². The first-order chi connectivity index (χ1) is 13.6. The van der Waals surface area contributed by atoms with E-state index in [-0.39, 0.29) is 12.5 Å². The van der Waals surface area contributed by atoms with Crippen molar-refractivity contribution in [1.29, 1.82) is 0 Å². The monoisotopic (exact) mass is 401 g/mol. The van der Waals surface area contributed by atoms with Crippen molar-refractivity contribution in [2.75, 3.05) is 7.11 Å². The van der Waals surface area contributed by atoms with E-state index in [1.165, 1.54) is 0 Å². The van der Waals surface area contributed by atoms with Gasteiger partial charge in [-0.05, 0) is 42.8 Å². The predicted molar refractivity (Wildman–Crippen MR) is 104 cm³/mol. The molecule has 0 aliphatic carbocycles. The van der Waals surface area contributed by atoms with Crippen molar-refractivity contribution in [2.45, 2.75) is 26.0 Å². The lowest BCUT2D eigenvalue weighted by Gasteiger charge is -2.18. The first-order valence-corrected chi connectivity index (χ1v) is 9.14. The normalized spacial score (nSPS) is 11.7. The molecule has 0 unspecified atom stereocenters. The summed E-state index contributed by atoms with van der Waals surface area (Å²) >= 11 is 5.88. The van der Waals surface area contributed by atoms with Gasteiger partial charge in [-0.3, -0.25) is 4.79 Å². The van der Waals surface area contributed by atoms with Crippen molar-refractivity contribution < 1.29 is 18.8 Å². The van der Waals surface area contributed by atoms with E-state index in [1.54, 1.807) is 43.5 Å². The van der Waals surface area contributed by atoms with E-state index in [0.717, 1.165) is 5.56 Å². The van der Waals surface area contributed by atoms with E-state index < -0.39 is 6.10 Å². The number of hydrogen-bond donors (Lipinski definition) is 1. The van der Waals surface area contributed by atoms with Gasteiger partial charge in [-0.2, -0.15) is 4.98 Å². The number of ether oxygens (including phenoxy) is 2. The molecule has 0 aliphatic heterocycles. The Kier molecular flexibility index (Phi) is 6.49. The second-order valence-electron chi connectivity index (χ2n) is 5.90. The highest BCUT2D eigenvalue weighted by atomic mass is 35.5. The van der Waals surface area contributed by atoms with Gasteiger partial charge in [-0.15, -0.1) is 0 Å². The summed E-state index contributed by atoms with van der Waals surface area (Å²) in [4.78, 5) is 16.8. The fraction of sp³-hybridized carbons (Fsp3) is 0.250. The Hall–Kier alpha value is -3.06. The van der Waals surface area contributed by atoms with Crippen molar-refractivity contribution in [2.24, 2.45) is 0 Å². The van der Waals surface area contributed by atoms with Crippen molar-refractivity contribution in [3.63, 3.8) is 0 Å². The number of benzene rings is 2. The zero-order valence-corrected chi connectivity index (χ0v) is 16.3. The minimum absolute atomic E-state index is 0.102. The van der Waals surface area contributed by atoms with Crippen LogP contribution < -0.4 is 14.8 Å². The van der Waals surface area contributed by atoms with Gasteiger partial charge in [0, 0.05) is 10.6 Å². The quantitative estimate of drug-likeness (QED) is 0.616. The maximum Gasteiger partial charge on any atom is 0.261 e. The van der Waals surface area contributed by atoms with Crippen molar-refractivity contribution in [3.05, 3.63) is 59.4 Å². The molecule has 3 aromatic rings. The van der Waals surface area contributed by atoms with Crippen LogP contribution >= 0.6 is 11.6 Å². The minimum Gasteiger partial charge on any atom is -0.493 e. The summed E-state index contributed by atoms with van der Waals surface area (Å²) in [5.74, 6) is 1.52. The molecule has 0 spiro atoms. The van der Waals surface area contributed by atoms with Gasteiger partial charge in [0.15, 0.2) is 17.6 Å². The van der Waals surface area contributed by atoms with Crippen molar-refractivity contribution >= 4 is 17.5 Å². The predicted octanol–water partition coefficient (Wildman–Crippen LogP) is 3.87. The molecule has 0 radical (unpaired) electrons. The third-order valence-electron chi connectivity index (χ3n) is 3.99. The van der Waals surface area contributed by atoms with Gasteiger partial charge >= 0.3 is 0 Å². The summed E-state index contributed by atoms with van der Waals surface area (Å²) in [5.41, 5.74) is 0.775. The van der Waals surface area contributed by atoms with E-state index in [9.17, 15) is 4.79 Å². The van der Waals surface area contributed by atoms with E-state index in [4.69, 9.17) is 25.6 Å². The van der Waals surface area contributed by atoms with Crippen LogP contribution in [0.15, 0.2) is 53.1 Å². The summed E-state index contributed by atoms with van der Waals surface area (Å²) in [6.45, 7) is 1.97. The summed E-state index contributed by atoms with van der Waals surface area (Å²) in [6, 6.07) is 14.3. The molecule has 7 nitrogen and oxygen atoms in total. The lowest BCUT2D eigenvalue weighted by molar-refractivity contribution is -0.128. The summed E-state index contributed by atoms with van der Waals surface area (Å²) < 4.78 is 16.3. The van der Waals surface area contributed by atoms with Crippen LogP contribution in [0.2, 0.25) is 5.02 Å². The minimum atomic E-state index is -0.671. The lowest BCUT2D eigenvalue weighted by Crippen LogP contribution is -2.37. The van der Waals surface area contributed by atoms with Gasteiger partial charge in [-0.1, -0.05) is 35.8 Å². The smallest absolute Gasteiger partial charge is 0.261 e. The highest BCUT2D eigenvalue weighted by Gasteiger charge is 2.20. The topological polar surface area (TPSA) is 86.5 Å². The van der Waals surface area contributed by atoms with Gasteiger partial charge in [-0.25, -0.2) is 0 Å². The average Bonchev–Trinajstić information content (AvgIpc) is 3.20. The molecule has 1 atom stereocenters. The summed E-state index contributed by atoms with van der Waals surface area (Å²) in [6.07, 6.45) is -0.182. The van der Waals surface area contributed by atoms with Crippen LogP contribution in [0.25, 0.3) is 11.4 Å². The molecule has 28 heavy (non-hydrogen) atoms. The third-order valence-corrected chi connectivity index (χ3v) is 4.24. The molecule has 1 aromatic heterocycles. The van der Waals surface area contributed by atoms with E-state index >= 15 is 0 Å². The number of aromatic nitrogens is 2. The number of rotatable bonds is 8. The number of hydrogen-bond acceptors (Lipinski definition) is 6. The fourth-order valence-electron chi connectivity index (χ4n) is 2.51. The Morgan fingerprint density at radius 3 is 2.57 bits per heavy atom. The first-order valence-electron chi connectivity index (χ1n) is 8.76. The van der Waals surface area contributed by atoms with E-state index in [2.05, 4.69) is 15.5 Å². The van der Waals surface area contributed by atoms with Crippen LogP contribution in [0.3, 0.4) is 0 Å². The zero-order valence-electron chi connectivity index (χ0n) is 15.5. The van der Waals surface area contributed by atoms with Gasteiger partial charge in [0.05, 0.1) is 13.7 Å². The van der Waals surface area contributed by atoms with Gasteiger partial charge < -0.3 is 19.3 Å². The molecule has 2 aromatic carbocycles. The van der Waals surface area contributed by atoms with Crippen LogP contribution in [0.4, 0.5) is 0 Å².